The van der Waals surface area contributed by atoms with Gasteiger partial charge in [-0.2, -0.15) is 5.26 Å². The lowest BCUT2D eigenvalue weighted by atomic mass is 9.83. The average molecular weight is 348 g/mol. The normalized spacial score (nSPS) is 15.8. The van der Waals surface area contributed by atoms with Gasteiger partial charge in [-0.25, -0.2) is 9.78 Å². The Morgan fingerprint density at radius 3 is 2.88 bits per heavy atom. The summed E-state index contributed by atoms with van der Waals surface area (Å²) in [6, 6.07) is 2.19. The minimum atomic E-state index is -0.829. The molecule has 1 aliphatic rings. The van der Waals surface area contributed by atoms with Crippen LogP contribution in [0.4, 0.5) is 5.13 Å². The second-order valence-corrected chi connectivity index (χ2v) is 6.44. The molecule has 1 heterocycles. The third-order valence-corrected chi connectivity index (χ3v) is 4.55. The van der Waals surface area contributed by atoms with Gasteiger partial charge in [0.2, 0.25) is 0 Å². The van der Waals surface area contributed by atoms with Crippen LogP contribution in [0.5, 0.6) is 0 Å². The zero-order valence-corrected chi connectivity index (χ0v) is 14.2. The maximum absolute atomic E-state index is 12.0. The Balaban J connectivity index is 1.82. The number of carbonyl (C=O) groups is 2. The van der Waals surface area contributed by atoms with Crippen molar-refractivity contribution in [3.63, 3.8) is 0 Å². The minimum absolute atomic E-state index is 0.145. The number of anilines is 1. The van der Waals surface area contributed by atoms with Crippen molar-refractivity contribution in [2.75, 3.05) is 18.5 Å². The highest BCUT2D eigenvalue weighted by atomic mass is 32.1. The lowest BCUT2D eigenvalue weighted by Crippen LogP contribution is -2.50. The predicted octanol–water partition coefficient (Wildman–Crippen LogP) is 2.24. The fraction of sp³-hybridized carbons (Fsp3) is 0.500. The molecular formula is C16H20N4O3S. The van der Waals surface area contributed by atoms with Crippen LogP contribution in [0, 0.1) is 11.3 Å². The first-order valence-electron chi connectivity index (χ1n) is 7.78. The van der Waals surface area contributed by atoms with Crippen molar-refractivity contribution in [1.82, 2.24) is 10.3 Å². The highest BCUT2D eigenvalue weighted by Gasteiger charge is 2.33. The van der Waals surface area contributed by atoms with Crippen LogP contribution in [0.3, 0.4) is 0 Å². The van der Waals surface area contributed by atoms with E-state index in [0.717, 1.165) is 19.3 Å². The molecule has 128 valence electrons. The van der Waals surface area contributed by atoms with Crippen LogP contribution in [-0.4, -0.2) is 35.6 Å². The van der Waals surface area contributed by atoms with E-state index in [2.05, 4.69) is 28.3 Å². The Hall–Kier alpha value is -2.40. The van der Waals surface area contributed by atoms with Gasteiger partial charge in [-0.15, -0.1) is 17.9 Å². The molecule has 0 radical (unpaired) electrons. The van der Waals surface area contributed by atoms with E-state index in [1.807, 2.05) is 0 Å². The van der Waals surface area contributed by atoms with Gasteiger partial charge in [0.15, 0.2) is 17.4 Å². The molecule has 1 aliphatic carbocycles. The maximum Gasteiger partial charge on any atom is 0.358 e. The molecule has 2 N–H and O–H groups in total. The number of ether oxygens (including phenoxy) is 1. The van der Waals surface area contributed by atoms with E-state index in [1.54, 1.807) is 11.5 Å². The van der Waals surface area contributed by atoms with Crippen molar-refractivity contribution in [2.45, 2.75) is 37.6 Å². The number of hydrogen-bond acceptors (Lipinski definition) is 7. The number of rotatable bonds is 7. The lowest BCUT2D eigenvalue weighted by Gasteiger charge is -2.31. The fourth-order valence-electron chi connectivity index (χ4n) is 2.54. The van der Waals surface area contributed by atoms with Crippen molar-refractivity contribution in [2.24, 2.45) is 0 Å². The number of esters is 1. The van der Waals surface area contributed by atoms with Crippen molar-refractivity contribution >= 4 is 28.3 Å². The largest absolute Gasteiger partial charge is 0.451 e. The lowest BCUT2D eigenvalue weighted by molar-refractivity contribution is -0.125. The van der Waals surface area contributed by atoms with Crippen LogP contribution in [0.1, 0.15) is 42.6 Å². The molecule has 0 unspecified atom stereocenters. The molecule has 2 rings (SSSR count). The summed E-state index contributed by atoms with van der Waals surface area (Å²) in [4.78, 5) is 28.0. The second kappa shape index (κ2) is 8.45. The van der Waals surface area contributed by atoms with Crippen LogP contribution in [0.15, 0.2) is 18.0 Å². The van der Waals surface area contributed by atoms with Crippen LogP contribution in [0.25, 0.3) is 0 Å². The van der Waals surface area contributed by atoms with Gasteiger partial charge in [0.1, 0.15) is 5.54 Å². The quantitative estimate of drug-likeness (QED) is 0.578. The highest BCUT2D eigenvalue weighted by molar-refractivity contribution is 7.13. The number of carbonyl (C=O) groups excluding carboxylic acids is 2. The molecule has 1 aromatic rings. The van der Waals surface area contributed by atoms with E-state index in [0.29, 0.717) is 24.5 Å². The molecule has 24 heavy (non-hydrogen) atoms. The Kier molecular flexibility index (Phi) is 6.32. The Bertz CT molecular complexity index is 644. The van der Waals surface area contributed by atoms with Gasteiger partial charge in [0.05, 0.1) is 6.07 Å². The minimum Gasteiger partial charge on any atom is -0.451 e. The first kappa shape index (κ1) is 17.9. The fourth-order valence-corrected chi connectivity index (χ4v) is 3.23. The number of aromatic nitrogens is 1. The average Bonchev–Trinajstić information content (AvgIpc) is 3.07. The smallest absolute Gasteiger partial charge is 0.358 e. The molecule has 0 aromatic carbocycles. The summed E-state index contributed by atoms with van der Waals surface area (Å²) in [6.45, 7) is 3.70. The number of nitrogens with one attached hydrogen (secondary N) is 2. The van der Waals surface area contributed by atoms with E-state index in [-0.39, 0.29) is 5.69 Å². The van der Waals surface area contributed by atoms with E-state index in [1.165, 1.54) is 11.3 Å². The summed E-state index contributed by atoms with van der Waals surface area (Å²) in [5.74, 6) is -1.13. The predicted molar refractivity (Wildman–Crippen MR) is 90.7 cm³/mol. The Morgan fingerprint density at radius 2 is 2.21 bits per heavy atom. The Labute approximate surface area is 144 Å². The molecular weight excluding hydrogens is 328 g/mol. The van der Waals surface area contributed by atoms with Gasteiger partial charge in [0, 0.05) is 11.9 Å². The first-order valence-corrected chi connectivity index (χ1v) is 8.66. The standard InChI is InChI=1S/C16H20N4O3S/c1-2-8-18-15-19-12(10-24-15)14(22)23-9-13(21)20-16(11-17)6-4-3-5-7-16/h2,10H,1,3-9H2,(H,18,19)(H,20,21). The van der Waals surface area contributed by atoms with Gasteiger partial charge in [-0.3, -0.25) is 4.79 Å². The summed E-state index contributed by atoms with van der Waals surface area (Å²) in [5, 5.41) is 17.1. The monoisotopic (exact) mass is 348 g/mol. The molecule has 0 aliphatic heterocycles. The molecule has 1 aromatic heterocycles. The van der Waals surface area contributed by atoms with Crippen LogP contribution >= 0.6 is 11.3 Å². The molecule has 1 fully saturated rings. The van der Waals surface area contributed by atoms with E-state index in [9.17, 15) is 14.9 Å². The first-order chi connectivity index (χ1) is 11.6. The molecule has 0 saturated heterocycles. The molecule has 1 amide bonds. The van der Waals surface area contributed by atoms with Gasteiger partial charge in [-0.05, 0) is 12.8 Å². The van der Waals surface area contributed by atoms with E-state index >= 15 is 0 Å². The Morgan fingerprint density at radius 1 is 1.46 bits per heavy atom. The summed E-state index contributed by atoms with van der Waals surface area (Å²) in [5.41, 5.74) is -0.684. The van der Waals surface area contributed by atoms with Crippen molar-refractivity contribution in [1.29, 1.82) is 5.26 Å². The molecule has 0 bridgehead atoms. The molecule has 8 heteroatoms. The summed E-state index contributed by atoms with van der Waals surface area (Å²) >= 11 is 1.27. The SMILES string of the molecule is C=CCNc1nc(C(=O)OCC(=O)NC2(C#N)CCCCC2)cs1. The van der Waals surface area contributed by atoms with Gasteiger partial charge in [-0.1, -0.05) is 25.3 Å². The van der Waals surface area contributed by atoms with Crippen molar-refractivity contribution < 1.29 is 14.3 Å². The summed E-state index contributed by atoms with van der Waals surface area (Å²) in [6.07, 6.45) is 5.83. The van der Waals surface area contributed by atoms with Gasteiger partial charge < -0.3 is 15.4 Å². The van der Waals surface area contributed by atoms with Crippen LogP contribution in [-0.2, 0) is 9.53 Å². The van der Waals surface area contributed by atoms with Gasteiger partial charge in [0.25, 0.3) is 5.91 Å². The topological polar surface area (TPSA) is 104 Å². The van der Waals surface area contributed by atoms with Crippen LogP contribution in [0.2, 0.25) is 0 Å². The summed E-state index contributed by atoms with van der Waals surface area (Å²) in [7, 11) is 0. The third-order valence-electron chi connectivity index (χ3n) is 3.75. The number of amides is 1. The number of nitriles is 1. The number of thiazole rings is 1. The highest BCUT2D eigenvalue weighted by Crippen LogP contribution is 2.27. The number of nitrogens with zero attached hydrogens (tertiary/aromatic N) is 2. The number of hydrogen-bond donors (Lipinski definition) is 2. The van der Waals surface area contributed by atoms with Gasteiger partial charge >= 0.3 is 5.97 Å². The maximum atomic E-state index is 12.0. The molecule has 0 atom stereocenters. The summed E-state index contributed by atoms with van der Waals surface area (Å²) < 4.78 is 4.97. The zero-order chi connectivity index (χ0) is 17.4. The van der Waals surface area contributed by atoms with E-state index < -0.39 is 24.0 Å². The van der Waals surface area contributed by atoms with Crippen LogP contribution < -0.4 is 10.6 Å². The molecule has 1 saturated carbocycles. The van der Waals surface area contributed by atoms with Crippen molar-refractivity contribution in [3.05, 3.63) is 23.7 Å². The molecule has 7 nitrogen and oxygen atoms in total. The second-order valence-electron chi connectivity index (χ2n) is 5.59. The third kappa shape index (κ3) is 4.80. The van der Waals surface area contributed by atoms with Crippen molar-refractivity contribution in [3.8, 4) is 6.07 Å². The zero-order valence-electron chi connectivity index (χ0n) is 13.3. The van der Waals surface area contributed by atoms with E-state index in [4.69, 9.17) is 4.74 Å². The molecule has 0 spiro atoms.